The Labute approximate surface area is 384 Å². The minimum atomic E-state index is -0.446. The molecule has 0 amide bonds. The van der Waals surface area contributed by atoms with E-state index in [0.29, 0.717) is 0 Å². The van der Waals surface area contributed by atoms with Crippen LogP contribution in [0.15, 0.2) is 182 Å². The first-order valence-corrected chi connectivity index (χ1v) is 19.2. The van der Waals surface area contributed by atoms with E-state index in [4.69, 9.17) is 39.7 Å². The Balaban J connectivity index is -0.000000167. The Morgan fingerprint density at radius 2 is 0.367 bits per heavy atom. The summed E-state index contributed by atoms with van der Waals surface area (Å²) in [5.74, 6) is 0. The van der Waals surface area contributed by atoms with Gasteiger partial charge in [-0.1, -0.05) is 182 Å². The molecule has 0 aliphatic rings. The van der Waals surface area contributed by atoms with E-state index in [0.717, 1.165) is 0 Å². The normalized spacial score (nSPS) is 7.37. The summed E-state index contributed by atoms with van der Waals surface area (Å²) in [6.07, 6.45) is 0. The van der Waals surface area contributed by atoms with E-state index in [2.05, 4.69) is 209 Å². The third kappa shape index (κ3) is 31.4. The van der Waals surface area contributed by atoms with Crippen molar-refractivity contribution in [1.29, 1.82) is 21.0 Å². The predicted molar refractivity (Wildman–Crippen MR) is 231 cm³/mol. The summed E-state index contributed by atoms with van der Waals surface area (Å²) >= 11 is 0. The summed E-state index contributed by atoms with van der Waals surface area (Å²) in [5.41, 5.74) is 0. The largest absolute Gasteiger partial charge is 0.0622 e. The van der Waals surface area contributed by atoms with Crippen LogP contribution in [0.2, 0.25) is 0 Å². The second-order valence-corrected chi connectivity index (χ2v) is 14.0. The molecule has 8 nitrogen and oxygen atoms in total. The molecule has 6 aromatic carbocycles. The SMILES string of the molecule is CC#N.CC#N.CC#N.CC#N.[C-]#[O+].[C-]#[O+].[C-]#[O+].[C-]#[O+].[Ru].[Ru].c1ccc(P(c2ccccc2)c2ccccc2)cc1.c1ccc(P(c2ccccc2)c2ccccc2)cc1. The van der Waals surface area contributed by atoms with Crippen LogP contribution in [0, 0.1) is 71.9 Å². The average Bonchev–Trinajstić information content (AvgIpc) is 3.30. The molecule has 0 saturated heterocycles. The number of nitrogens with zero attached hydrogens (tertiary/aromatic N) is 4. The Morgan fingerprint density at radius 3 is 0.450 bits per heavy atom. The van der Waals surface area contributed by atoms with Gasteiger partial charge < -0.3 is 0 Å². The van der Waals surface area contributed by atoms with Gasteiger partial charge in [0.15, 0.2) is 0 Å². The third-order valence-electron chi connectivity index (χ3n) is 6.09. The van der Waals surface area contributed by atoms with Crippen LogP contribution in [0.4, 0.5) is 0 Å². The molecule has 6 rings (SSSR count). The molecule has 0 N–H and O–H groups in total. The zero-order chi connectivity index (χ0) is 44.7. The van der Waals surface area contributed by atoms with E-state index in [-0.39, 0.29) is 39.0 Å². The zero-order valence-corrected chi connectivity index (χ0v) is 38.6. The Bertz CT molecular complexity index is 1710. The number of hydrogen-bond donors (Lipinski definition) is 0. The van der Waals surface area contributed by atoms with Crippen LogP contribution in [0.5, 0.6) is 0 Å². The molecule has 304 valence electrons. The van der Waals surface area contributed by atoms with Crippen molar-refractivity contribution in [2.24, 2.45) is 0 Å². The molecular formula is C48H42N4O4P2Ru2. The molecule has 0 aromatic heterocycles. The Hall–Kier alpha value is -5.65. The van der Waals surface area contributed by atoms with Crippen molar-refractivity contribution in [2.75, 3.05) is 0 Å². The number of nitriles is 4. The van der Waals surface area contributed by atoms with Crippen molar-refractivity contribution in [3.8, 4) is 24.3 Å². The molecule has 0 heterocycles. The number of hydrogen-bond acceptors (Lipinski definition) is 4. The zero-order valence-electron chi connectivity index (χ0n) is 33.3. The molecular weight excluding hydrogens is 961 g/mol. The molecule has 0 atom stereocenters. The van der Waals surface area contributed by atoms with Crippen LogP contribution in [0.1, 0.15) is 27.7 Å². The van der Waals surface area contributed by atoms with Gasteiger partial charge in [-0.3, -0.25) is 0 Å². The van der Waals surface area contributed by atoms with E-state index in [1.807, 2.05) is 0 Å². The maximum Gasteiger partial charge on any atom is 0 e. The number of benzene rings is 6. The summed E-state index contributed by atoms with van der Waals surface area (Å²) in [6.45, 7) is 23.7. The van der Waals surface area contributed by atoms with Gasteiger partial charge in [0.25, 0.3) is 0 Å². The molecule has 0 fully saturated rings. The first kappa shape index (κ1) is 66.2. The standard InChI is InChI=1S/2C18H15P.4C2H3N.4CO.2Ru/c2*1-4-10-16(11-5-1)19(17-12-6-2-7-13-17)18-14-8-3-9-15-18;4*1-2-3;4*1-2;;/h2*1-15H;4*1H3;;;;;;. The molecule has 0 saturated carbocycles. The smallest absolute Gasteiger partial charge is 0 e. The summed E-state index contributed by atoms with van der Waals surface area (Å²) in [6, 6.07) is 71.7. The van der Waals surface area contributed by atoms with Crippen LogP contribution in [-0.4, -0.2) is 0 Å². The van der Waals surface area contributed by atoms with Gasteiger partial charge in [-0.05, 0) is 47.7 Å². The minimum absolute atomic E-state index is 0. The molecule has 0 radical (unpaired) electrons. The molecule has 0 unspecified atom stereocenters. The quantitative estimate of drug-likeness (QED) is 0.0702. The topological polar surface area (TPSA) is 175 Å². The molecule has 0 bridgehead atoms. The minimum Gasteiger partial charge on any atom is -0.0622 e. The van der Waals surface area contributed by atoms with Gasteiger partial charge in [-0.25, -0.2) is 0 Å². The average molecular weight is 1000 g/mol. The van der Waals surface area contributed by atoms with Crippen LogP contribution in [0.3, 0.4) is 0 Å². The maximum absolute atomic E-state index is 7.50. The fourth-order valence-corrected chi connectivity index (χ4v) is 8.97. The van der Waals surface area contributed by atoms with Crippen molar-refractivity contribution < 1.29 is 57.6 Å². The predicted octanol–water partition coefficient (Wildman–Crippen LogP) is 8.85. The van der Waals surface area contributed by atoms with Gasteiger partial charge in [0.2, 0.25) is 0 Å². The number of rotatable bonds is 6. The fraction of sp³-hybridized carbons (Fsp3) is 0.0833. The molecule has 60 heavy (non-hydrogen) atoms. The van der Waals surface area contributed by atoms with E-state index in [9.17, 15) is 0 Å². The van der Waals surface area contributed by atoms with Crippen molar-refractivity contribution in [3.05, 3.63) is 209 Å². The molecule has 0 aliphatic heterocycles. The molecule has 12 heteroatoms. The fourth-order valence-electron chi connectivity index (χ4n) is 4.36. The monoisotopic (exact) mass is 1000 g/mol. The molecule has 0 aliphatic carbocycles. The second-order valence-electron chi connectivity index (χ2n) is 9.58. The van der Waals surface area contributed by atoms with Crippen LogP contribution < -0.4 is 31.8 Å². The van der Waals surface area contributed by atoms with Gasteiger partial charge in [-0.2, -0.15) is 21.0 Å². The third-order valence-corrected chi connectivity index (χ3v) is 11.0. The van der Waals surface area contributed by atoms with E-state index < -0.39 is 15.8 Å². The first-order valence-electron chi connectivity index (χ1n) is 16.5. The van der Waals surface area contributed by atoms with Crippen LogP contribution >= 0.6 is 15.8 Å². The van der Waals surface area contributed by atoms with Crippen molar-refractivity contribution >= 4 is 47.7 Å². The van der Waals surface area contributed by atoms with Crippen LogP contribution in [0.25, 0.3) is 0 Å². The second kappa shape index (κ2) is 53.3. The van der Waals surface area contributed by atoms with Crippen molar-refractivity contribution in [2.45, 2.75) is 27.7 Å². The molecule has 6 aromatic rings. The van der Waals surface area contributed by atoms with Crippen LogP contribution in [-0.2, 0) is 57.6 Å². The summed E-state index contributed by atoms with van der Waals surface area (Å²) in [7, 11) is -0.892. The molecule has 0 spiro atoms. The summed E-state index contributed by atoms with van der Waals surface area (Å²) < 4.78 is 30.0. The van der Waals surface area contributed by atoms with E-state index >= 15 is 0 Å². The Kier molecular flexibility index (Phi) is 58.8. The van der Waals surface area contributed by atoms with Gasteiger partial charge in [0, 0.05) is 66.7 Å². The van der Waals surface area contributed by atoms with Crippen molar-refractivity contribution in [1.82, 2.24) is 0 Å². The van der Waals surface area contributed by atoms with Gasteiger partial charge in [0.1, 0.15) is 0 Å². The van der Waals surface area contributed by atoms with E-state index in [1.54, 1.807) is 24.3 Å². The summed E-state index contributed by atoms with van der Waals surface area (Å²) in [4.78, 5) is 0. The summed E-state index contributed by atoms with van der Waals surface area (Å²) in [5, 5.41) is 37.7. The van der Waals surface area contributed by atoms with Gasteiger partial charge >= 0.3 is 45.2 Å². The van der Waals surface area contributed by atoms with Crippen molar-refractivity contribution in [3.63, 3.8) is 0 Å². The van der Waals surface area contributed by atoms with E-state index in [1.165, 1.54) is 59.5 Å². The Morgan fingerprint density at radius 1 is 0.283 bits per heavy atom. The van der Waals surface area contributed by atoms with Gasteiger partial charge in [0.05, 0.1) is 24.3 Å². The maximum atomic E-state index is 7.50. The first-order chi connectivity index (χ1) is 28.6. The van der Waals surface area contributed by atoms with Gasteiger partial charge in [-0.15, -0.1) is 0 Å².